The molecule has 0 aromatic carbocycles. The Morgan fingerprint density at radius 3 is 2.71 bits per heavy atom. The lowest BCUT2D eigenvalue weighted by molar-refractivity contribution is -0.133. The molecule has 1 unspecified atom stereocenters. The molecule has 2 heterocycles. The number of aromatic nitrogens is 2. The van der Waals surface area contributed by atoms with Crippen molar-refractivity contribution in [2.45, 2.75) is 25.8 Å². The van der Waals surface area contributed by atoms with Gasteiger partial charge in [0.05, 0.1) is 6.33 Å². The number of hydrogen-bond donors (Lipinski definition) is 0. The van der Waals surface area contributed by atoms with Crippen molar-refractivity contribution in [3.63, 3.8) is 0 Å². The first-order valence-corrected chi connectivity index (χ1v) is 6.00. The SMILES string of the molecule is CC(C(=O)N1CCCC1)n1cnc(Cl)cc1=O. The molecule has 6 heteroatoms. The fraction of sp³-hybridized carbons (Fsp3) is 0.545. The van der Waals surface area contributed by atoms with Crippen molar-refractivity contribution in [3.05, 3.63) is 27.9 Å². The second kappa shape index (κ2) is 4.87. The normalized spacial score (nSPS) is 17.2. The van der Waals surface area contributed by atoms with Crippen LogP contribution in [0.2, 0.25) is 5.15 Å². The highest BCUT2D eigenvalue weighted by Gasteiger charge is 2.24. The summed E-state index contributed by atoms with van der Waals surface area (Å²) in [5.74, 6) is -0.0336. The number of nitrogens with zero attached hydrogens (tertiary/aromatic N) is 3. The average molecular weight is 256 g/mol. The van der Waals surface area contributed by atoms with Gasteiger partial charge in [-0.05, 0) is 19.8 Å². The average Bonchev–Trinajstić information content (AvgIpc) is 2.80. The Labute approximate surface area is 104 Å². The van der Waals surface area contributed by atoms with Gasteiger partial charge in [-0.2, -0.15) is 0 Å². The number of hydrogen-bond acceptors (Lipinski definition) is 3. The fourth-order valence-electron chi connectivity index (χ4n) is 2.00. The van der Waals surface area contributed by atoms with Crippen LogP contribution in [0, 0.1) is 0 Å². The maximum Gasteiger partial charge on any atom is 0.255 e. The molecular weight excluding hydrogens is 242 g/mol. The Hall–Kier alpha value is -1.36. The zero-order valence-electron chi connectivity index (χ0n) is 9.60. The third-order valence-corrected chi connectivity index (χ3v) is 3.20. The molecular formula is C11H14ClN3O2. The molecule has 1 atom stereocenters. The summed E-state index contributed by atoms with van der Waals surface area (Å²) in [6.45, 7) is 3.26. The zero-order chi connectivity index (χ0) is 12.4. The van der Waals surface area contributed by atoms with Gasteiger partial charge >= 0.3 is 0 Å². The monoisotopic (exact) mass is 255 g/mol. The van der Waals surface area contributed by atoms with Gasteiger partial charge in [0.25, 0.3) is 5.56 Å². The molecule has 1 aliphatic heterocycles. The summed E-state index contributed by atoms with van der Waals surface area (Å²) in [6.07, 6.45) is 3.39. The van der Waals surface area contributed by atoms with Gasteiger partial charge in [0, 0.05) is 19.2 Å². The molecule has 1 amide bonds. The topological polar surface area (TPSA) is 55.2 Å². The minimum absolute atomic E-state index is 0.0336. The van der Waals surface area contributed by atoms with Crippen molar-refractivity contribution in [1.29, 1.82) is 0 Å². The Kier molecular flexibility index (Phi) is 3.47. The van der Waals surface area contributed by atoms with Gasteiger partial charge in [0.15, 0.2) is 0 Å². The Morgan fingerprint density at radius 1 is 1.47 bits per heavy atom. The Morgan fingerprint density at radius 2 is 2.12 bits per heavy atom. The van der Waals surface area contributed by atoms with Crippen LogP contribution >= 0.6 is 11.6 Å². The highest BCUT2D eigenvalue weighted by atomic mass is 35.5. The first kappa shape index (κ1) is 12.1. The van der Waals surface area contributed by atoms with Crippen LogP contribution in [0.5, 0.6) is 0 Å². The van der Waals surface area contributed by atoms with Crippen molar-refractivity contribution in [1.82, 2.24) is 14.5 Å². The van der Waals surface area contributed by atoms with Gasteiger partial charge < -0.3 is 4.90 Å². The first-order chi connectivity index (χ1) is 8.09. The van der Waals surface area contributed by atoms with Gasteiger partial charge in [0.1, 0.15) is 11.2 Å². The molecule has 5 nitrogen and oxygen atoms in total. The molecule has 0 radical (unpaired) electrons. The van der Waals surface area contributed by atoms with Crippen molar-refractivity contribution in [3.8, 4) is 0 Å². The second-order valence-corrected chi connectivity index (χ2v) is 4.55. The molecule has 0 aliphatic carbocycles. The number of halogens is 1. The van der Waals surface area contributed by atoms with E-state index < -0.39 is 6.04 Å². The summed E-state index contributed by atoms with van der Waals surface area (Å²) in [5.41, 5.74) is -0.301. The molecule has 1 aromatic rings. The van der Waals surface area contributed by atoms with Crippen LogP contribution in [0.3, 0.4) is 0 Å². The lowest BCUT2D eigenvalue weighted by Crippen LogP contribution is -2.37. The first-order valence-electron chi connectivity index (χ1n) is 5.62. The smallest absolute Gasteiger partial charge is 0.255 e. The van der Waals surface area contributed by atoms with E-state index in [-0.39, 0.29) is 16.6 Å². The standard InChI is InChI=1S/C11H14ClN3O2/c1-8(11(17)14-4-2-3-5-14)15-7-13-9(12)6-10(15)16/h6-8H,2-5H2,1H3. The van der Waals surface area contributed by atoms with Crippen molar-refractivity contribution < 1.29 is 4.79 Å². The van der Waals surface area contributed by atoms with E-state index >= 15 is 0 Å². The van der Waals surface area contributed by atoms with E-state index in [1.54, 1.807) is 11.8 Å². The predicted octanol–water partition coefficient (Wildman–Crippen LogP) is 1.08. The predicted molar refractivity (Wildman–Crippen MR) is 64.0 cm³/mol. The molecule has 1 aromatic heterocycles. The summed E-state index contributed by atoms with van der Waals surface area (Å²) in [7, 11) is 0. The Balaban J connectivity index is 2.21. The number of carbonyl (C=O) groups excluding carboxylic acids is 1. The van der Waals surface area contributed by atoms with Crippen molar-refractivity contribution in [2.24, 2.45) is 0 Å². The van der Waals surface area contributed by atoms with Crippen LogP contribution in [0.25, 0.3) is 0 Å². The van der Waals surface area contributed by atoms with E-state index in [1.165, 1.54) is 17.0 Å². The van der Waals surface area contributed by atoms with Gasteiger partial charge in [-0.1, -0.05) is 11.6 Å². The lowest BCUT2D eigenvalue weighted by Gasteiger charge is -2.21. The maximum absolute atomic E-state index is 12.1. The number of rotatable bonds is 2. The third-order valence-electron chi connectivity index (χ3n) is 2.99. The van der Waals surface area contributed by atoms with E-state index in [1.807, 2.05) is 0 Å². The number of carbonyl (C=O) groups is 1. The highest BCUT2D eigenvalue weighted by molar-refractivity contribution is 6.29. The highest BCUT2D eigenvalue weighted by Crippen LogP contribution is 2.14. The van der Waals surface area contributed by atoms with Crippen molar-refractivity contribution in [2.75, 3.05) is 13.1 Å². The largest absolute Gasteiger partial charge is 0.341 e. The quantitative estimate of drug-likeness (QED) is 0.743. The number of amides is 1. The Bertz CT molecular complexity index is 480. The van der Waals surface area contributed by atoms with Crippen molar-refractivity contribution >= 4 is 17.5 Å². The molecule has 1 fully saturated rings. The fourth-order valence-corrected chi connectivity index (χ4v) is 2.14. The van der Waals surface area contributed by atoms with Crippen LogP contribution in [0.4, 0.5) is 0 Å². The summed E-state index contributed by atoms with van der Waals surface area (Å²) < 4.78 is 1.31. The van der Waals surface area contributed by atoms with E-state index in [2.05, 4.69) is 4.98 Å². The third kappa shape index (κ3) is 2.49. The summed E-state index contributed by atoms with van der Waals surface area (Å²) in [5, 5.41) is 0.145. The lowest BCUT2D eigenvalue weighted by atomic mass is 10.3. The molecule has 1 saturated heterocycles. The molecule has 0 saturated carbocycles. The molecule has 2 rings (SSSR count). The van der Waals surface area contributed by atoms with Gasteiger partial charge in [0.2, 0.25) is 5.91 Å². The van der Waals surface area contributed by atoms with Crippen LogP contribution < -0.4 is 5.56 Å². The van der Waals surface area contributed by atoms with Gasteiger partial charge in [-0.3, -0.25) is 14.2 Å². The molecule has 17 heavy (non-hydrogen) atoms. The molecule has 0 N–H and O–H groups in total. The summed E-state index contributed by atoms with van der Waals surface area (Å²) in [4.78, 5) is 29.4. The van der Waals surface area contributed by atoms with E-state index in [0.29, 0.717) is 0 Å². The van der Waals surface area contributed by atoms with Crippen LogP contribution in [-0.2, 0) is 4.79 Å². The zero-order valence-corrected chi connectivity index (χ0v) is 10.4. The van der Waals surface area contributed by atoms with E-state index in [0.717, 1.165) is 25.9 Å². The minimum atomic E-state index is -0.523. The van der Waals surface area contributed by atoms with Crippen LogP contribution in [0.1, 0.15) is 25.8 Å². The minimum Gasteiger partial charge on any atom is -0.341 e. The summed E-state index contributed by atoms with van der Waals surface area (Å²) >= 11 is 5.61. The van der Waals surface area contributed by atoms with Crippen LogP contribution in [-0.4, -0.2) is 33.4 Å². The maximum atomic E-state index is 12.1. The number of likely N-dealkylation sites (tertiary alicyclic amines) is 1. The molecule has 1 aliphatic rings. The van der Waals surface area contributed by atoms with Crippen LogP contribution in [0.15, 0.2) is 17.2 Å². The van der Waals surface area contributed by atoms with E-state index in [4.69, 9.17) is 11.6 Å². The molecule has 0 bridgehead atoms. The van der Waals surface area contributed by atoms with E-state index in [9.17, 15) is 9.59 Å². The second-order valence-electron chi connectivity index (χ2n) is 4.17. The van der Waals surface area contributed by atoms with Gasteiger partial charge in [-0.15, -0.1) is 0 Å². The summed E-state index contributed by atoms with van der Waals surface area (Å²) in [6, 6.07) is 0.695. The molecule has 0 spiro atoms. The van der Waals surface area contributed by atoms with Gasteiger partial charge in [-0.25, -0.2) is 4.98 Å². The molecule has 92 valence electrons.